The molecule has 2 rings (SSSR count). The molecule has 1 N–H and O–H groups in total. The van der Waals surface area contributed by atoms with Gasteiger partial charge in [0, 0.05) is 11.5 Å². The quantitative estimate of drug-likeness (QED) is 0.877. The van der Waals surface area contributed by atoms with Crippen molar-refractivity contribution in [3.8, 4) is 5.75 Å². The van der Waals surface area contributed by atoms with Gasteiger partial charge in [-0.25, -0.2) is 0 Å². The number of hydrogen-bond acceptors (Lipinski definition) is 2. The summed E-state index contributed by atoms with van der Waals surface area (Å²) >= 11 is 0. The van der Waals surface area contributed by atoms with E-state index >= 15 is 0 Å². The Morgan fingerprint density at radius 2 is 2.18 bits per heavy atom. The van der Waals surface area contributed by atoms with E-state index in [0.717, 1.165) is 12.3 Å². The minimum atomic E-state index is 0. The average molecular weight is 256 g/mol. The van der Waals surface area contributed by atoms with Crippen LogP contribution >= 0.6 is 12.4 Å². The fourth-order valence-corrected chi connectivity index (χ4v) is 2.59. The number of hydrogen-bond donors (Lipinski definition) is 1. The predicted octanol–water partition coefficient (Wildman–Crippen LogP) is 3.15. The maximum absolute atomic E-state index is 5.31. The molecule has 17 heavy (non-hydrogen) atoms. The van der Waals surface area contributed by atoms with Crippen LogP contribution in [-0.2, 0) is 5.41 Å². The van der Waals surface area contributed by atoms with Gasteiger partial charge in [0.15, 0.2) is 0 Å². The molecule has 0 spiro atoms. The van der Waals surface area contributed by atoms with Crippen molar-refractivity contribution in [2.75, 3.05) is 13.7 Å². The van der Waals surface area contributed by atoms with Gasteiger partial charge in [-0.15, -0.1) is 12.4 Å². The molecule has 0 saturated carbocycles. The van der Waals surface area contributed by atoms with Gasteiger partial charge in [0.25, 0.3) is 0 Å². The van der Waals surface area contributed by atoms with Crippen molar-refractivity contribution in [3.05, 3.63) is 29.8 Å². The van der Waals surface area contributed by atoms with E-state index in [1.165, 1.54) is 18.4 Å². The highest BCUT2D eigenvalue weighted by atomic mass is 35.5. The topological polar surface area (TPSA) is 21.3 Å². The first-order valence-corrected chi connectivity index (χ1v) is 6.05. The minimum Gasteiger partial charge on any atom is -0.497 e. The Balaban J connectivity index is 0.00000144. The monoisotopic (exact) mass is 255 g/mol. The maximum Gasteiger partial charge on any atom is 0.119 e. The third kappa shape index (κ3) is 2.75. The molecular weight excluding hydrogens is 234 g/mol. The summed E-state index contributed by atoms with van der Waals surface area (Å²) in [6, 6.07) is 9.00. The van der Waals surface area contributed by atoms with E-state index in [-0.39, 0.29) is 17.8 Å². The Kier molecular flexibility index (Phi) is 4.84. The Morgan fingerprint density at radius 3 is 2.82 bits per heavy atom. The summed E-state index contributed by atoms with van der Waals surface area (Å²) in [6.45, 7) is 5.76. The molecule has 1 aromatic rings. The molecule has 3 heteroatoms. The highest BCUT2D eigenvalue weighted by molar-refractivity contribution is 5.85. The normalized spacial score (nSPS) is 28.3. The molecule has 2 nitrogen and oxygen atoms in total. The fraction of sp³-hybridized carbons (Fsp3) is 0.571. The largest absolute Gasteiger partial charge is 0.497 e. The summed E-state index contributed by atoms with van der Waals surface area (Å²) in [5, 5.41) is 3.57. The molecule has 0 bridgehead atoms. The summed E-state index contributed by atoms with van der Waals surface area (Å²) in [6.07, 6.45) is 2.49. The lowest BCUT2D eigenvalue weighted by Gasteiger charge is -2.41. The molecule has 0 aliphatic carbocycles. The van der Waals surface area contributed by atoms with E-state index in [4.69, 9.17) is 4.74 Å². The van der Waals surface area contributed by atoms with Crippen molar-refractivity contribution in [1.82, 2.24) is 5.32 Å². The molecule has 1 fully saturated rings. The molecule has 1 saturated heterocycles. The van der Waals surface area contributed by atoms with Gasteiger partial charge in [-0.1, -0.05) is 19.1 Å². The zero-order chi connectivity index (χ0) is 11.6. The van der Waals surface area contributed by atoms with Gasteiger partial charge in [0.05, 0.1) is 7.11 Å². The number of methoxy groups -OCH3 is 1. The lowest BCUT2D eigenvalue weighted by molar-refractivity contribution is 0.260. The van der Waals surface area contributed by atoms with Crippen LogP contribution in [0.3, 0.4) is 0 Å². The molecule has 1 heterocycles. The van der Waals surface area contributed by atoms with E-state index in [0.29, 0.717) is 6.04 Å². The summed E-state index contributed by atoms with van der Waals surface area (Å²) in [5.41, 5.74) is 1.61. The van der Waals surface area contributed by atoms with Gasteiger partial charge >= 0.3 is 0 Å². The lowest BCUT2D eigenvalue weighted by atomic mass is 9.71. The smallest absolute Gasteiger partial charge is 0.119 e. The molecule has 2 atom stereocenters. The van der Waals surface area contributed by atoms with Crippen molar-refractivity contribution >= 4 is 12.4 Å². The Labute approximate surface area is 110 Å². The van der Waals surface area contributed by atoms with Crippen LogP contribution in [0, 0.1) is 0 Å². The van der Waals surface area contributed by atoms with Gasteiger partial charge < -0.3 is 10.1 Å². The minimum absolute atomic E-state index is 0. The van der Waals surface area contributed by atoms with E-state index < -0.39 is 0 Å². The lowest BCUT2D eigenvalue weighted by Crippen LogP contribution is -2.49. The van der Waals surface area contributed by atoms with Crippen LogP contribution in [0.1, 0.15) is 32.3 Å². The number of benzene rings is 1. The van der Waals surface area contributed by atoms with E-state index in [1.807, 2.05) is 6.07 Å². The Bertz CT molecular complexity index is 369. The van der Waals surface area contributed by atoms with E-state index in [9.17, 15) is 0 Å². The molecule has 96 valence electrons. The van der Waals surface area contributed by atoms with Crippen LogP contribution in [0.15, 0.2) is 24.3 Å². The number of rotatable bonds is 2. The second-order valence-corrected chi connectivity index (χ2v) is 4.93. The highest BCUT2D eigenvalue weighted by Gasteiger charge is 2.35. The van der Waals surface area contributed by atoms with Crippen molar-refractivity contribution in [2.24, 2.45) is 0 Å². The molecule has 0 aromatic heterocycles. The predicted molar refractivity (Wildman–Crippen MR) is 74.3 cm³/mol. The van der Waals surface area contributed by atoms with Crippen LogP contribution in [-0.4, -0.2) is 19.7 Å². The van der Waals surface area contributed by atoms with Gasteiger partial charge in [-0.2, -0.15) is 0 Å². The van der Waals surface area contributed by atoms with Crippen molar-refractivity contribution in [1.29, 1.82) is 0 Å². The number of nitrogens with one attached hydrogen (secondary N) is 1. The standard InChI is InChI=1S/C14H21NO.ClH/c1-11-14(2,8-5-9-15-11)12-6-4-7-13(10-12)16-3;/h4,6-7,10-11,15H,5,8-9H2,1-3H3;1H. The number of ether oxygens (including phenoxy) is 1. The van der Waals surface area contributed by atoms with E-state index in [1.54, 1.807) is 7.11 Å². The molecule has 2 unspecified atom stereocenters. The molecule has 1 aromatic carbocycles. The fourth-order valence-electron chi connectivity index (χ4n) is 2.59. The van der Waals surface area contributed by atoms with Crippen molar-refractivity contribution < 1.29 is 4.74 Å². The van der Waals surface area contributed by atoms with Gasteiger partial charge in [-0.3, -0.25) is 0 Å². The SMILES string of the molecule is COc1cccc(C2(C)CCCNC2C)c1.Cl. The van der Waals surface area contributed by atoms with Crippen molar-refractivity contribution in [3.63, 3.8) is 0 Å². The third-order valence-electron chi connectivity index (χ3n) is 4.01. The average Bonchev–Trinajstić information content (AvgIpc) is 2.33. The summed E-state index contributed by atoms with van der Waals surface area (Å²) in [7, 11) is 1.73. The highest BCUT2D eigenvalue weighted by Crippen LogP contribution is 2.36. The number of piperidine rings is 1. The third-order valence-corrected chi connectivity index (χ3v) is 4.01. The van der Waals surface area contributed by atoms with Crippen LogP contribution in [0.5, 0.6) is 5.75 Å². The second-order valence-electron chi connectivity index (χ2n) is 4.93. The first-order chi connectivity index (χ1) is 7.66. The van der Waals surface area contributed by atoms with Crippen LogP contribution < -0.4 is 10.1 Å². The van der Waals surface area contributed by atoms with Gasteiger partial charge in [0.1, 0.15) is 5.75 Å². The Hall–Kier alpha value is -0.730. The van der Waals surface area contributed by atoms with E-state index in [2.05, 4.69) is 37.4 Å². The van der Waals surface area contributed by atoms with Crippen LogP contribution in [0.4, 0.5) is 0 Å². The number of halogens is 1. The summed E-state index contributed by atoms with van der Waals surface area (Å²) < 4.78 is 5.31. The molecular formula is C14H22ClNO. The molecule has 1 aliphatic rings. The zero-order valence-electron chi connectivity index (χ0n) is 10.8. The maximum atomic E-state index is 5.31. The first kappa shape index (κ1) is 14.3. The first-order valence-electron chi connectivity index (χ1n) is 6.05. The zero-order valence-corrected chi connectivity index (χ0v) is 11.6. The van der Waals surface area contributed by atoms with Crippen LogP contribution in [0.25, 0.3) is 0 Å². The van der Waals surface area contributed by atoms with Crippen molar-refractivity contribution in [2.45, 2.75) is 38.1 Å². The summed E-state index contributed by atoms with van der Waals surface area (Å²) in [4.78, 5) is 0. The van der Waals surface area contributed by atoms with Gasteiger partial charge in [-0.05, 0) is 44.0 Å². The molecule has 1 aliphatic heterocycles. The molecule has 0 amide bonds. The summed E-state index contributed by atoms with van der Waals surface area (Å²) in [5.74, 6) is 0.955. The van der Waals surface area contributed by atoms with Crippen LogP contribution in [0.2, 0.25) is 0 Å². The second kappa shape index (κ2) is 5.74. The van der Waals surface area contributed by atoms with Gasteiger partial charge in [0.2, 0.25) is 0 Å². The molecule has 0 radical (unpaired) electrons. The Morgan fingerprint density at radius 1 is 1.41 bits per heavy atom.